The van der Waals surface area contributed by atoms with Crippen molar-refractivity contribution >= 4 is 5.91 Å². The second kappa shape index (κ2) is 8.65. The van der Waals surface area contributed by atoms with E-state index in [1.807, 2.05) is 21.7 Å². The molecule has 1 aliphatic rings. The third-order valence-electron chi connectivity index (χ3n) is 4.83. The molecule has 1 aromatic carbocycles. The quantitative estimate of drug-likeness (QED) is 0.726. The van der Waals surface area contributed by atoms with Gasteiger partial charge in [0.1, 0.15) is 18.4 Å². The maximum atomic E-state index is 12.5. The van der Waals surface area contributed by atoms with Crippen LogP contribution in [0.3, 0.4) is 0 Å². The highest BCUT2D eigenvalue weighted by molar-refractivity contribution is 5.76. The van der Waals surface area contributed by atoms with E-state index in [4.69, 9.17) is 4.74 Å². The molecule has 0 aliphatic carbocycles. The molecule has 1 fully saturated rings. The molecule has 1 amide bonds. The lowest BCUT2D eigenvalue weighted by atomic mass is 10.0. The molecule has 134 valence electrons. The Morgan fingerprint density at radius 1 is 1.28 bits per heavy atom. The second-order valence-electron chi connectivity index (χ2n) is 6.57. The van der Waals surface area contributed by atoms with Gasteiger partial charge in [0.2, 0.25) is 5.91 Å². The molecule has 1 aromatic heterocycles. The minimum absolute atomic E-state index is 0.263. The third kappa shape index (κ3) is 4.81. The maximum Gasteiger partial charge on any atom is 0.222 e. The summed E-state index contributed by atoms with van der Waals surface area (Å²) in [5, 5.41) is 4.21. The number of carbonyl (C=O) groups is 1. The van der Waals surface area contributed by atoms with Crippen molar-refractivity contribution in [3.8, 4) is 5.75 Å². The predicted octanol–water partition coefficient (Wildman–Crippen LogP) is 2.86. The van der Waals surface area contributed by atoms with Crippen LogP contribution in [0.25, 0.3) is 0 Å². The normalized spacial score (nSPS) is 17.5. The number of rotatable bonds is 7. The molecular formula is C19H26N4O2. The number of aromatic nitrogens is 3. The highest BCUT2D eigenvalue weighted by atomic mass is 16.5. The van der Waals surface area contributed by atoms with Crippen molar-refractivity contribution in [2.45, 2.75) is 44.6 Å². The Bertz CT molecular complexity index is 655. The molecule has 1 atom stereocenters. The Hall–Kier alpha value is -2.37. The van der Waals surface area contributed by atoms with Crippen LogP contribution in [0.15, 0.2) is 36.9 Å². The first kappa shape index (κ1) is 17.5. The summed E-state index contributed by atoms with van der Waals surface area (Å²) in [4.78, 5) is 18.5. The number of likely N-dealkylation sites (tertiary alicyclic amines) is 1. The van der Waals surface area contributed by atoms with Gasteiger partial charge in [-0.3, -0.25) is 4.79 Å². The van der Waals surface area contributed by atoms with Crippen LogP contribution in [0.5, 0.6) is 5.75 Å². The lowest BCUT2D eigenvalue weighted by molar-refractivity contribution is -0.133. The summed E-state index contributed by atoms with van der Waals surface area (Å²) in [5.41, 5.74) is 1.29. The van der Waals surface area contributed by atoms with Gasteiger partial charge in [0.05, 0.1) is 13.2 Å². The molecule has 0 saturated carbocycles. The summed E-state index contributed by atoms with van der Waals surface area (Å²) in [5.74, 6) is 1.14. The smallest absolute Gasteiger partial charge is 0.222 e. The maximum absolute atomic E-state index is 12.5. The summed E-state index contributed by atoms with van der Waals surface area (Å²) in [6.45, 7) is 1.61. The first-order valence-corrected chi connectivity index (χ1v) is 9.01. The number of unbranched alkanes of at least 4 members (excludes halogenated alkanes) is 1. The van der Waals surface area contributed by atoms with E-state index in [0.717, 1.165) is 50.9 Å². The number of aryl methyl sites for hydroxylation is 1. The van der Waals surface area contributed by atoms with Gasteiger partial charge in [-0.1, -0.05) is 12.1 Å². The molecule has 2 heterocycles. The highest BCUT2D eigenvalue weighted by Gasteiger charge is 2.24. The average molecular weight is 342 g/mol. The van der Waals surface area contributed by atoms with Crippen molar-refractivity contribution in [2.75, 3.05) is 20.2 Å². The highest BCUT2D eigenvalue weighted by Crippen LogP contribution is 2.21. The van der Waals surface area contributed by atoms with Gasteiger partial charge in [-0.2, -0.15) is 5.10 Å². The van der Waals surface area contributed by atoms with Crippen molar-refractivity contribution in [2.24, 2.45) is 0 Å². The number of benzene rings is 1. The van der Waals surface area contributed by atoms with Gasteiger partial charge >= 0.3 is 0 Å². The minimum atomic E-state index is 0.263. The lowest BCUT2D eigenvalue weighted by Crippen LogP contribution is -2.40. The Kier molecular flexibility index (Phi) is 6.04. The standard InChI is InChI=1S/C19H26N4O2/c1-25-18-10-8-16(9-11-18)5-2-3-7-19(24)22-12-4-6-17(13-22)23-15-20-14-21-23/h8-11,14-15,17H,2-7,12-13H2,1H3. The van der Waals surface area contributed by atoms with Gasteiger partial charge in [-0.15, -0.1) is 0 Å². The number of nitrogens with zero attached hydrogens (tertiary/aromatic N) is 4. The summed E-state index contributed by atoms with van der Waals surface area (Å²) in [6.07, 6.45) is 8.97. The fourth-order valence-corrected chi connectivity index (χ4v) is 3.36. The van der Waals surface area contributed by atoms with Crippen LogP contribution in [0, 0.1) is 0 Å². The van der Waals surface area contributed by atoms with E-state index in [0.29, 0.717) is 6.42 Å². The van der Waals surface area contributed by atoms with Crippen LogP contribution in [-0.4, -0.2) is 45.8 Å². The zero-order valence-electron chi connectivity index (χ0n) is 14.8. The number of piperidine rings is 1. The molecule has 1 aliphatic heterocycles. The van der Waals surface area contributed by atoms with E-state index in [1.54, 1.807) is 19.8 Å². The van der Waals surface area contributed by atoms with Crippen LogP contribution in [0.2, 0.25) is 0 Å². The summed E-state index contributed by atoms with van der Waals surface area (Å²) in [7, 11) is 1.68. The predicted molar refractivity (Wildman–Crippen MR) is 95.4 cm³/mol. The van der Waals surface area contributed by atoms with Crippen LogP contribution in [0.4, 0.5) is 0 Å². The van der Waals surface area contributed by atoms with Gasteiger partial charge in [-0.25, -0.2) is 9.67 Å². The van der Waals surface area contributed by atoms with Gasteiger partial charge in [0.25, 0.3) is 0 Å². The van der Waals surface area contributed by atoms with Crippen molar-refractivity contribution < 1.29 is 9.53 Å². The molecule has 1 unspecified atom stereocenters. The van der Waals surface area contributed by atoms with Crippen molar-refractivity contribution in [3.05, 3.63) is 42.5 Å². The Balaban J connectivity index is 1.39. The zero-order valence-corrected chi connectivity index (χ0v) is 14.8. The van der Waals surface area contributed by atoms with Crippen LogP contribution in [0.1, 0.15) is 43.7 Å². The minimum Gasteiger partial charge on any atom is -0.497 e. The summed E-state index contributed by atoms with van der Waals surface area (Å²) >= 11 is 0. The number of amides is 1. The zero-order chi connectivity index (χ0) is 17.5. The summed E-state index contributed by atoms with van der Waals surface area (Å²) < 4.78 is 7.05. The van der Waals surface area contributed by atoms with Gasteiger partial charge in [-0.05, 0) is 49.8 Å². The molecule has 0 bridgehead atoms. The topological polar surface area (TPSA) is 60.2 Å². The lowest BCUT2D eigenvalue weighted by Gasteiger charge is -2.32. The molecule has 0 spiro atoms. The van der Waals surface area contributed by atoms with E-state index < -0.39 is 0 Å². The fourth-order valence-electron chi connectivity index (χ4n) is 3.36. The van der Waals surface area contributed by atoms with Gasteiger partial charge in [0, 0.05) is 19.5 Å². The molecule has 25 heavy (non-hydrogen) atoms. The van der Waals surface area contributed by atoms with Crippen LogP contribution < -0.4 is 4.74 Å². The third-order valence-corrected chi connectivity index (χ3v) is 4.83. The molecule has 0 radical (unpaired) electrons. The first-order chi connectivity index (χ1) is 12.3. The largest absolute Gasteiger partial charge is 0.497 e. The number of hydrogen-bond acceptors (Lipinski definition) is 4. The van der Waals surface area contributed by atoms with Gasteiger partial charge in [0.15, 0.2) is 0 Å². The monoisotopic (exact) mass is 342 g/mol. The summed E-state index contributed by atoms with van der Waals surface area (Å²) in [6, 6.07) is 8.42. The van der Waals surface area contributed by atoms with Crippen molar-refractivity contribution in [1.82, 2.24) is 19.7 Å². The SMILES string of the molecule is COc1ccc(CCCCC(=O)N2CCCC(n3cncn3)C2)cc1. The molecule has 3 rings (SSSR count). The molecule has 2 aromatic rings. The molecular weight excluding hydrogens is 316 g/mol. The first-order valence-electron chi connectivity index (χ1n) is 9.01. The molecule has 1 saturated heterocycles. The molecule has 0 N–H and O–H groups in total. The number of carbonyl (C=O) groups excluding carboxylic acids is 1. The molecule has 6 heteroatoms. The Morgan fingerprint density at radius 3 is 2.84 bits per heavy atom. The van der Waals surface area contributed by atoms with E-state index in [-0.39, 0.29) is 11.9 Å². The second-order valence-corrected chi connectivity index (χ2v) is 6.57. The van der Waals surface area contributed by atoms with E-state index in [9.17, 15) is 4.79 Å². The number of ether oxygens (including phenoxy) is 1. The van der Waals surface area contributed by atoms with Crippen molar-refractivity contribution in [1.29, 1.82) is 0 Å². The van der Waals surface area contributed by atoms with Crippen molar-refractivity contribution in [3.63, 3.8) is 0 Å². The number of methoxy groups -OCH3 is 1. The Labute approximate surface area is 148 Å². The van der Waals surface area contributed by atoms with Crippen LogP contribution >= 0.6 is 0 Å². The number of hydrogen-bond donors (Lipinski definition) is 0. The fraction of sp³-hybridized carbons (Fsp3) is 0.526. The van der Waals surface area contributed by atoms with Gasteiger partial charge < -0.3 is 9.64 Å². The van der Waals surface area contributed by atoms with Crippen LogP contribution in [-0.2, 0) is 11.2 Å². The average Bonchev–Trinajstić information content (AvgIpc) is 3.20. The van der Waals surface area contributed by atoms with E-state index in [1.165, 1.54) is 5.56 Å². The molecule has 6 nitrogen and oxygen atoms in total. The van der Waals surface area contributed by atoms with E-state index >= 15 is 0 Å². The van der Waals surface area contributed by atoms with E-state index in [2.05, 4.69) is 22.2 Å². The Morgan fingerprint density at radius 2 is 2.12 bits per heavy atom.